The highest BCUT2D eigenvalue weighted by Crippen LogP contribution is 2.18. The summed E-state index contributed by atoms with van der Waals surface area (Å²) < 4.78 is 30.1. The zero-order chi connectivity index (χ0) is 18.9. The number of nitrogens with zero attached hydrogens (tertiary/aromatic N) is 1. The first-order valence-electron chi connectivity index (χ1n) is 7.78. The molecule has 0 unspecified atom stereocenters. The lowest BCUT2D eigenvalue weighted by molar-refractivity contribution is -0.129. The smallest absolute Gasteiger partial charge is 0.358 e. The third kappa shape index (κ3) is 5.41. The van der Waals surface area contributed by atoms with Gasteiger partial charge in [-0.25, -0.2) is 4.79 Å². The van der Waals surface area contributed by atoms with Crippen molar-refractivity contribution in [1.82, 2.24) is 0 Å². The predicted octanol–water partition coefficient (Wildman–Crippen LogP) is 4.33. The molecule has 0 radical (unpaired) electrons. The molecule has 0 bridgehead atoms. The molecule has 136 valence electrons. The molecule has 0 saturated carbocycles. The first-order chi connectivity index (χ1) is 12.5. The number of oxime groups is 1. The van der Waals surface area contributed by atoms with E-state index in [4.69, 9.17) is 9.57 Å². The van der Waals surface area contributed by atoms with Crippen LogP contribution in [-0.2, 0) is 16.2 Å². The largest absolute Gasteiger partial charge is 0.489 e. The van der Waals surface area contributed by atoms with E-state index in [1.165, 1.54) is 12.1 Å². The zero-order valence-electron chi connectivity index (χ0n) is 14.0. The molecule has 0 atom stereocenters. The van der Waals surface area contributed by atoms with E-state index >= 15 is 0 Å². The Labute approximate surface area is 149 Å². The van der Waals surface area contributed by atoms with Crippen molar-refractivity contribution >= 4 is 17.8 Å². The molecule has 26 heavy (non-hydrogen) atoms. The lowest BCUT2D eigenvalue weighted by atomic mass is 10.0. The maximum atomic E-state index is 12.2. The number of ether oxygens (including phenoxy) is 1. The molecule has 2 aromatic carbocycles. The monoisotopic (exact) mass is 361 g/mol. The van der Waals surface area contributed by atoms with Crippen LogP contribution >= 0.6 is 0 Å². The SMILES string of the molecule is CCON=C(C(=O)O)c1ccccc1COc1ccc(C=C(F)F)cc1. The molecule has 7 heteroatoms. The van der Waals surface area contributed by atoms with Gasteiger partial charge in [-0.15, -0.1) is 0 Å². The fraction of sp³-hybridized carbons (Fsp3) is 0.158. The van der Waals surface area contributed by atoms with Crippen LogP contribution in [0.5, 0.6) is 5.75 Å². The van der Waals surface area contributed by atoms with Gasteiger partial charge in [-0.3, -0.25) is 0 Å². The second kappa shape index (κ2) is 9.31. The molecule has 0 heterocycles. The summed E-state index contributed by atoms with van der Waals surface area (Å²) in [6.07, 6.45) is -1.02. The first-order valence-corrected chi connectivity index (χ1v) is 7.78. The Morgan fingerprint density at radius 2 is 1.85 bits per heavy atom. The molecular formula is C19H17F2NO4. The number of carboxylic acid groups (broad SMARTS) is 1. The number of halogens is 2. The molecule has 5 nitrogen and oxygen atoms in total. The van der Waals surface area contributed by atoms with Crippen LogP contribution in [0.15, 0.2) is 59.8 Å². The third-order valence-corrected chi connectivity index (χ3v) is 3.31. The molecule has 0 aromatic heterocycles. The van der Waals surface area contributed by atoms with Gasteiger partial charge in [-0.05, 0) is 30.2 Å². The van der Waals surface area contributed by atoms with E-state index in [1.807, 2.05) is 0 Å². The van der Waals surface area contributed by atoms with E-state index in [-0.39, 0.29) is 18.9 Å². The number of aliphatic carboxylic acids is 1. The van der Waals surface area contributed by atoms with E-state index < -0.39 is 12.0 Å². The molecular weight excluding hydrogens is 344 g/mol. The van der Waals surface area contributed by atoms with Crippen molar-refractivity contribution in [3.05, 3.63) is 71.3 Å². The first kappa shape index (κ1) is 19.1. The maximum Gasteiger partial charge on any atom is 0.358 e. The number of carboxylic acids is 1. The van der Waals surface area contributed by atoms with E-state index in [1.54, 1.807) is 43.3 Å². The van der Waals surface area contributed by atoms with Gasteiger partial charge in [0.15, 0.2) is 5.71 Å². The van der Waals surface area contributed by atoms with Crippen LogP contribution in [0.2, 0.25) is 0 Å². The van der Waals surface area contributed by atoms with Gasteiger partial charge < -0.3 is 14.7 Å². The summed E-state index contributed by atoms with van der Waals surface area (Å²) in [5.41, 5.74) is 1.12. The lowest BCUT2D eigenvalue weighted by Gasteiger charge is -2.11. The van der Waals surface area contributed by atoms with Gasteiger partial charge in [-0.1, -0.05) is 41.6 Å². The second-order valence-electron chi connectivity index (χ2n) is 5.11. The summed E-state index contributed by atoms with van der Waals surface area (Å²) in [7, 11) is 0. The molecule has 2 rings (SSSR count). The van der Waals surface area contributed by atoms with Crippen molar-refractivity contribution in [2.45, 2.75) is 13.5 Å². The summed E-state index contributed by atoms with van der Waals surface area (Å²) in [6, 6.07) is 12.9. The maximum absolute atomic E-state index is 12.2. The number of benzene rings is 2. The fourth-order valence-corrected chi connectivity index (χ4v) is 2.16. The van der Waals surface area contributed by atoms with Crippen LogP contribution in [-0.4, -0.2) is 23.4 Å². The van der Waals surface area contributed by atoms with Gasteiger partial charge in [0.1, 0.15) is 19.0 Å². The normalized spacial score (nSPS) is 11.0. The summed E-state index contributed by atoms with van der Waals surface area (Å²) in [6.45, 7) is 2.03. The third-order valence-electron chi connectivity index (χ3n) is 3.31. The minimum Gasteiger partial charge on any atom is -0.489 e. The molecule has 0 amide bonds. The topological polar surface area (TPSA) is 68.1 Å². The van der Waals surface area contributed by atoms with Gasteiger partial charge in [0.25, 0.3) is 6.08 Å². The fourth-order valence-electron chi connectivity index (χ4n) is 2.16. The number of rotatable bonds is 8. The quantitative estimate of drug-likeness (QED) is 0.561. The number of hydrogen-bond donors (Lipinski definition) is 1. The lowest BCUT2D eigenvalue weighted by Crippen LogP contribution is -2.18. The van der Waals surface area contributed by atoms with E-state index in [0.29, 0.717) is 22.4 Å². The Kier molecular flexibility index (Phi) is 6.84. The molecule has 0 fully saturated rings. The molecule has 1 N–H and O–H groups in total. The highest BCUT2D eigenvalue weighted by atomic mass is 19.3. The Hall–Kier alpha value is -3.22. The Bertz CT molecular complexity index is 813. The Morgan fingerprint density at radius 3 is 2.46 bits per heavy atom. The minimum absolute atomic E-state index is 0.0846. The van der Waals surface area contributed by atoms with Crippen molar-refractivity contribution in [2.75, 3.05) is 6.61 Å². The Morgan fingerprint density at radius 1 is 1.15 bits per heavy atom. The molecule has 0 aliphatic rings. The van der Waals surface area contributed by atoms with Gasteiger partial charge in [0, 0.05) is 11.6 Å². The summed E-state index contributed by atoms with van der Waals surface area (Å²) in [5.74, 6) is -0.745. The van der Waals surface area contributed by atoms with Crippen LogP contribution in [0.3, 0.4) is 0 Å². The average Bonchev–Trinajstić information content (AvgIpc) is 2.61. The summed E-state index contributed by atoms with van der Waals surface area (Å²) in [5, 5.41) is 13.0. The average molecular weight is 361 g/mol. The molecule has 0 spiro atoms. The van der Waals surface area contributed by atoms with Gasteiger partial charge in [0.2, 0.25) is 0 Å². The van der Waals surface area contributed by atoms with Gasteiger partial charge >= 0.3 is 5.97 Å². The molecule has 0 saturated heterocycles. The van der Waals surface area contributed by atoms with E-state index in [2.05, 4.69) is 5.16 Å². The van der Waals surface area contributed by atoms with Crippen molar-refractivity contribution in [2.24, 2.45) is 5.16 Å². The van der Waals surface area contributed by atoms with Gasteiger partial charge in [-0.2, -0.15) is 8.78 Å². The van der Waals surface area contributed by atoms with Crippen LogP contribution in [0.25, 0.3) is 6.08 Å². The zero-order valence-corrected chi connectivity index (χ0v) is 14.0. The molecule has 0 aliphatic heterocycles. The van der Waals surface area contributed by atoms with Crippen LogP contribution < -0.4 is 4.74 Å². The van der Waals surface area contributed by atoms with E-state index in [0.717, 1.165) is 6.08 Å². The van der Waals surface area contributed by atoms with Crippen molar-refractivity contribution < 1.29 is 28.3 Å². The highest BCUT2D eigenvalue weighted by Gasteiger charge is 2.17. The van der Waals surface area contributed by atoms with Crippen molar-refractivity contribution in [3.8, 4) is 5.75 Å². The summed E-state index contributed by atoms with van der Waals surface area (Å²) >= 11 is 0. The minimum atomic E-state index is -1.78. The van der Waals surface area contributed by atoms with E-state index in [9.17, 15) is 18.7 Å². The predicted molar refractivity (Wildman–Crippen MR) is 93.2 cm³/mol. The molecule has 0 aliphatic carbocycles. The van der Waals surface area contributed by atoms with Crippen LogP contribution in [0.4, 0.5) is 8.78 Å². The van der Waals surface area contributed by atoms with Gasteiger partial charge in [0.05, 0.1) is 0 Å². The van der Waals surface area contributed by atoms with Crippen molar-refractivity contribution in [1.29, 1.82) is 0 Å². The van der Waals surface area contributed by atoms with Crippen molar-refractivity contribution in [3.63, 3.8) is 0 Å². The second-order valence-corrected chi connectivity index (χ2v) is 5.11. The molecule has 2 aromatic rings. The summed E-state index contributed by atoms with van der Waals surface area (Å²) in [4.78, 5) is 16.3. The number of hydrogen-bond acceptors (Lipinski definition) is 4. The van der Waals surface area contributed by atoms with Crippen LogP contribution in [0, 0.1) is 0 Å². The number of carbonyl (C=O) groups is 1. The highest BCUT2D eigenvalue weighted by molar-refractivity contribution is 6.42. The standard InChI is InChI=1S/C19H17F2NO4/c1-2-26-22-18(19(23)24)16-6-4-3-5-14(16)12-25-15-9-7-13(8-10-15)11-17(20)21/h3-11H,2,12H2,1H3,(H,23,24). The van der Waals surface area contributed by atoms with Crippen LogP contribution in [0.1, 0.15) is 23.6 Å². The Balaban J connectivity index is 2.17.